The largest absolute Gasteiger partial charge is 0.380 e. The molecule has 24 heavy (non-hydrogen) atoms. The van der Waals surface area contributed by atoms with Crippen LogP contribution in [0.3, 0.4) is 0 Å². The van der Waals surface area contributed by atoms with Crippen LogP contribution in [0.25, 0.3) is 0 Å². The maximum atomic E-state index is 13.6. The van der Waals surface area contributed by atoms with Crippen molar-refractivity contribution >= 4 is 5.96 Å². The lowest BCUT2D eigenvalue weighted by molar-refractivity contribution is 0.185. The highest BCUT2D eigenvalue weighted by Crippen LogP contribution is 2.07. The van der Waals surface area contributed by atoms with Gasteiger partial charge in [-0.1, -0.05) is 42.5 Å². The van der Waals surface area contributed by atoms with Gasteiger partial charge in [-0.3, -0.25) is 4.99 Å². The van der Waals surface area contributed by atoms with Crippen LogP contribution in [0.4, 0.5) is 4.39 Å². The first-order chi connectivity index (χ1) is 11.7. The molecule has 2 aromatic carbocycles. The summed E-state index contributed by atoms with van der Waals surface area (Å²) in [5.74, 6) is 0.528. The van der Waals surface area contributed by atoms with Gasteiger partial charge in [0, 0.05) is 27.2 Å². The van der Waals surface area contributed by atoms with E-state index in [2.05, 4.69) is 27.8 Å². The Labute approximate surface area is 142 Å². The predicted molar refractivity (Wildman–Crippen MR) is 95.5 cm³/mol. The molecule has 128 valence electrons. The Morgan fingerprint density at radius 3 is 2.62 bits per heavy atom. The van der Waals surface area contributed by atoms with Crippen molar-refractivity contribution in [3.63, 3.8) is 0 Å². The summed E-state index contributed by atoms with van der Waals surface area (Å²) in [6.45, 7) is 1.88. The average molecular weight is 329 g/mol. The van der Waals surface area contributed by atoms with Gasteiger partial charge in [0.15, 0.2) is 5.96 Å². The molecule has 2 N–H and O–H groups in total. The Kier molecular flexibility index (Phi) is 7.23. The first-order valence-corrected chi connectivity index (χ1v) is 7.97. The minimum Gasteiger partial charge on any atom is -0.380 e. The molecule has 0 aromatic heterocycles. The molecule has 4 nitrogen and oxygen atoms in total. The summed E-state index contributed by atoms with van der Waals surface area (Å²) >= 11 is 0. The molecule has 2 rings (SSSR count). The number of nitrogens with zero attached hydrogens (tertiary/aromatic N) is 1. The van der Waals surface area contributed by atoms with Crippen LogP contribution in [-0.4, -0.2) is 26.7 Å². The zero-order valence-corrected chi connectivity index (χ0v) is 14.2. The SMILES string of the molecule is CN=C(NCCc1ccccc1F)NCc1cccc(COC)c1. The summed E-state index contributed by atoms with van der Waals surface area (Å²) in [5, 5.41) is 6.46. The van der Waals surface area contributed by atoms with Crippen molar-refractivity contribution in [2.24, 2.45) is 4.99 Å². The maximum absolute atomic E-state index is 13.6. The highest BCUT2D eigenvalue weighted by molar-refractivity contribution is 5.79. The zero-order valence-electron chi connectivity index (χ0n) is 14.2. The topological polar surface area (TPSA) is 45.7 Å². The Morgan fingerprint density at radius 1 is 1.08 bits per heavy atom. The van der Waals surface area contributed by atoms with Crippen LogP contribution < -0.4 is 10.6 Å². The lowest BCUT2D eigenvalue weighted by Crippen LogP contribution is -2.37. The lowest BCUT2D eigenvalue weighted by Gasteiger charge is -2.12. The predicted octanol–water partition coefficient (Wildman–Crippen LogP) is 2.88. The maximum Gasteiger partial charge on any atom is 0.191 e. The van der Waals surface area contributed by atoms with E-state index in [1.807, 2.05) is 18.2 Å². The molecule has 0 aliphatic carbocycles. The molecule has 5 heteroatoms. The fraction of sp³-hybridized carbons (Fsp3) is 0.316. The average Bonchev–Trinajstić information content (AvgIpc) is 2.60. The van der Waals surface area contributed by atoms with E-state index in [-0.39, 0.29) is 5.82 Å². The quantitative estimate of drug-likeness (QED) is 0.606. The second-order valence-corrected chi connectivity index (χ2v) is 5.45. The van der Waals surface area contributed by atoms with Crippen LogP contribution in [0, 0.1) is 5.82 Å². The van der Waals surface area contributed by atoms with Crippen molar-refractivity contribution in [2.45, 2.75) is 19.6 Å². The van der Waals surface area contributed by atoms with Crippen molar-refractivity contribution in [3.8, 4) is 0 Å². The molecule has 0 saturated heterocycles. The monoisotopic (exact) mass is 329 g/mol. The molecule has 0 bridgehead atoms. The highest BCUT2D eigenvalue weighted by atomic mass is 19.1. The summed E-state index contributed by atoms with van der Waals surface area (Å²) in [6, 6.07) is 15.0. The lowest BCUT2D eigenvalue weighted by atomic mass is 10.1. The number of hydrogen-bond acceptors (Lipinski definition) is 2. The van der Waals surface area contributed by atoms with Crippen molar-refractivity contribution in [3.05, 3.63) is 71.0 Å². The van der Waals surface area contributed by atoms with Crippen LogP contribution in [0.1, 0.15) is 16.7 Å². The summed E-state index contributed by atoms with van der Waals surface area (Å²) < 4.78 is 18.7. The minimum absolute atomic E-state index is 0.169. The summed E-state index contributed by atoms with van der Waals surface area (Å²) in [6.07, 6.45) is 0.608. The van der Waals surface area contributed by atoms with Crippen LogP contribution in [0.5, 0.6) is 0 Å². The molecule has 0 fully saturated rings. The Balaban J connectivity index is 1.80. The summed E-state index contributed by atoms with van der Waals surface area (Å²) in [5.41, 5.74) is 2.99. The number of methoxy groups -OCH3 is 1. The number of hydrogen-bond donors (Lipinski definition) is 2. The van der Waals surface area contributed by atoms with Gasteiger partial charge in [0.1, 0.15) is 5.82 Å². The van der Waals surface area contributed by atoms with Crippen molar-refractivity contribution in [1.29, 1.82) is 0 Å². The molecular formula is C19H24FN3O. The summed E-state index contributed by atoms with van der Waals surface area (Å²) in [7, 11) is 3.41. The Hall–Kier alpha value is -2.40. The second kappa shape index (κ2) is 9.67. The normalized spacial score (nSPS) is 11.4. The van der Waals surface area contributed by atoms with Gasteiger partial charge in [0.2, 0.25) is 0 Å². The minimum atomic E-state index is -0.169. The smallest absolute Gasteiger partial charge is 0.191 e. The zero-order chi connectivity index (χ0) is 17.2. The number of guanidine groups is 1. The number of aliphatic imine (C=N–C) groups is 1. The van der Waals surface area contributed by atoms with Gasteiger partial charge in [-0.2, -0.15) is 0 Å². The molecule has 0 aliphatic rings. The van der Waals surface area contributed by atoms with Crippen LogP contribution in [-0.2, 0) is 24.3 Å². The Bertz CT molecular complexity index is 673. The van der Waals surface area contributed by atoms with E-state index >= 15 is 0 Å². The van der Waals surface area contributed by atoms with Crippen LogP contribution in [0.15, 0.2) is 53.5 Å². The number of nitrogens with one attached hydrogen (secondary N) is 2. The van der Waals surface area contributed by atoms with Crippen LogP contribution in [0.2, 0.25) is 0 Å². The van der Waals surface area contributed by atoms with Gasteiger partial charge in [0.05, 0.1) is 6.61 Å². The second-order valence-electron chi connectivity index (χ2n) is 5.45. The molecule has 0 spiro atoms. The number of ether oxygens (including phenoxy) is 1. The molecule has 0 heterocycles. The highest BCUT2D eigenvalue weighted by Gasteiger charge is 2.02. The Morgan fingerprint density at radius 2 is 1.88 bits per heavy atom. The number of benzene rings is 2. The standard InChI is InChI=1S/C19H24FN3O/c1-21-19(22-11-10-17-8-3-4-9-18(17)20)23-13-15-6-5-7-16(12-15)14-24-2/h3-9,12H,10-11,13-14H2,1-2H3,(H2,21,22,23). The van der Waals surface area contributed by atoms with Crippen molar-refractivity contribution in [1.82, 2.24) is 10.6 Å². The molecule has 0 aliphatic heterocycles. The van der Waals surface area contributed by atoms with E-state index in [0.717, 1.165) is 11.1 Å². The fourth-order valence-electron chi connectivity index (χ4n) is 2.42. The number of halogens is 1. The van der Waals surface area contributed by atoms with E-state index in [1.165, 1.54) is 6.07 Å². The van der Waals surface area contributed by atoms with Crippen LogP contribution >= 0.6 is 0 Å². The van der Waals surface area contributed by atoms with E-state index in [9.17, 15) is 4.39 Å². The van der Waals surface area contributed by atoms with E-state index in [1.54, 1.807) is 26.3 Å². The van der Waals surface area contributed by atoms with E-state index in [0.29, 0.717) is 37.6 Å². The van der Waals surface area contributed by atoms with Gasteiger partial charge in [-0.05, 0) is 29.2 Å². The van der Waals surface area contributed by atoms with Gasteiger partial charge in [0.25, 0.3) is 0 Å². The van der Waals surface area contributed by atoms with Gasteiger partial charge in [-0.15, -0.1) is 0 Å². The van der Waals surface area contributed by atoms with E-state index in [4.69, 9.17) is 4.74 Å². The number of rotatable bonds is 7. The van der Waals surface area contributed by atoms with Gasteiger partial charge < -0.3 is 15.4 Å². The third-order valence-electron chi connectivity index (χ3n) is 3.63. The first-order valence-electron chi connectivity index (χ1n) is 7.97. The summed E-state index contributed by atoms with van der Waals surface area (Å²) in [4.78, 5) is 4.19. The molecule has 0 unspecified atom stereocenters. The fourth-order valence-corrected chi connectivity index (χ4v) is 2.42. The van der Waals surface area contributed by atoms with Crippen molar-refractivity contribution < 1.29 is 9.13 Å². The molecule has 0 atom stereocenters. The molecule has 0 radical (unpaired) electrons. The first kappa shape index (κ1) is 17.9. The molecule has 2 aromatic rings. The molecule has 0 saturated carbocycles. The molecule has 0 amide bonds. The third-order valence-corrected chi connectivity index (χ3v) is 3.63. The molecular weight excluding hydrogens is 305 g/mol. The van der Waals surface area contributed by atoms with Crippen molar-refractivity contribution in [2.75, 3.05) is 20.7 Å². The van der Waals surface area contributed by atoms with E-state index < -0.39 is 0 Å². The third kappa shape index (κ3) is 5.66. The van der Waals surface area contributed by atoms with Gasteiger partial charge in [-0.25, -0.2) is 4.39 Å². The van der Waals surface area contributed by atoms with Gasteiger partial charge >= 0.3 is 0 Å².